The van der Waals surface area contributed by atoms with Crippen LogP contribution in [0.4, 0.5) is 0 Å². The molecular formula is C15H24O3. The van der Waals surface area contributed by atoms with Gasteiger partial charge in [0.25, 0.3) is 0 Å². The standard InChI is InChI=1S/C15H24O3/c1-3-16-13-9-10-6-7-12-15(18-12)8-4-5-11(17-13)14(10,15)2/h10-13H,3-9H2,1-2H3/t10-,11-,12-,13+,14-,15-/m0/s1. The summed E-state index contributed by atoms with van der Waals surface area (Å²) in [4.78, 5) is 0. The highest BCUT2D eigenvalue weighted by molar-refractivity contribution is 5.22. The fraction of sp³-hybridized carbons (Fsp3) is 1.00. The van der Waals surface area contributed by atoms with Gasteiger partial charge in [-0.25, -0.2) is 0 Å². The largest absolute Gasteiger partial charge is 0.365 e. The number of hydrogen-bond donors (Lipinski definition) is 0. The highest BCUT2D eigenvalue weighted by Gasteiger charge is 2.75. The van der Waals surface area contributed by atoms with Gasteiger partial charge in [0, 0.05) is 18.4 Å². The van der Waals surface area contributed by atoms with Gasteiger partial charge >= 0.3 is 0 Å². The van der Waals surface area contributed by atoms with Gasteiger partial charge in [0.2, 0.25) is 0 Å². The highest BCUT2D eigenvalue weighted by atomic mass is 16.7. The van der Waals surface area contributed by atoms with E-state index in [4.69, 9.17) is 14.2 Å². The summed E-state index contributed by atoms with van der Waals surface area (Å²) in [6, 6.07) is 0. The molecule has 18 heavy (non-hydrogen) atoms. The van der Waals surface area contributed by atoms with Crippen molar-refractivity contribution in [2.75, 3.05) is 6.61 Å². The van der Waals surface area contributed by atoms with Crippen LogP contribution in [0.3, 0.4) is 0 Å². The maximum atomic E-state index is 6.26. The molecule has 4 aliphatic rings. The minimum Gasteiger partial charge on any atom is -0.365 e. The van der Waals surface area contributed by atoms with Crippen LogP contribution in [-0.2, 0) is 14.2 Å². The van der Waals surface area contributed by atoms with Crippen LogP contribution in [0.15, 0.2) is 0 Å². The number of epoxide rings is 1. The van der Waals surface area contributed by atoms with Crippen molar-refractivity contribution >= 4 is 0 Å². The summed E-state index contributed by atoms with van der Waals surface area (Å²) in [5, 5.41) is 0. The first-order valence-electron chi connectivity index (χ1n) is 7.65. The molecule has 102 valence electrons. The van der Waals surface area contributed by atoms with E-state index < -0.39 is 0 Å². The predicted octanol–water partition coefficient (Wildman–Crippen LogP) is 2.88. The molecule has 0 N–H and O–H groups in total. The van der Waals surface area contributed by atoms with E-state index in [-0.39, 0.29) is 17.3 Å². The molecular weight excluding hydrogens is 228 g/mol. The average molecular weight is 252 g/mol. The summed E-state index contributed by atoms with van der Waals surface area (Å²) in [6.07, 6.45) is 8.24. The van der Waals surface area contributed by atoms with Crippen molar-refractivity contribution in [1.82, 2.24) is 0 Å². The van der Waals surface area contributed by atoms with E-state index in [1.54, 1.807) is 0 Å². The van der Waals surface area contributed by atoms with Gasteiger partial charge in [-0.1, -0.05) is 6.92 Å². The second-order valence-corrected chi connectivity index (χ2v) is 6.69. The molecule has 1 spiro atoms. The van der Waals surface area contributed by atoms with Gasteiger partial charge in [0.1, 0.15) is 5.60 Å². The Balaban J connectivity index is 1.66. The lowest BCUT2D eigenvalue weighted by Crippen LogP contribution is -2.61. The zero-order valence-corrected chi connectivity index (χ0v) is 11.5. The average Bonchev–Trinajstić information content (AvgIpc) is 3.05. The lowest BCUT2D eigenvalue weighted by atomic mass is 9.52. The predicted molar refractivity (Wildman–Crippen MR) is 67.2 cm³/mol. The van der Waals surface area contributed by atoms with E-state index >= 15 is 0 Å². The van der Waals surface area contributed by atoms with Gasteiger partial charge in [-0.05, 0) is 44.9 Å². The number of rotatable bonds is 2. The Labute approximate surface area is 109 Å². The molecule has 0 aromatic carbocycles. The molecule has 0 radical (unpaired) electrons. The summed E-state index contributed by atoms with van der Waals surface area (Å²) in [7, 11) is 0. The van der Waals surface area contributed by atoms with Crippen LogP contribution < -0.4 is 0 Å². The first-order chi connectivity index (χ1) is 8.70. The van der Waals surface area contributed by atoms with Crippen molar-refractivity contribution < 1.29 is 14.2 Å². The summed E-state index contributed by atoms with van der Waals surface area (Å²) in [6.45, 7) is 5.24. The molecule has 6 atom stereocenters. The van der Waals surface area contributed by atoms with E-state index in [2.05, 4.69) is 13.8 Å². The second kappa shape index (κ2) is 3.71. The van der Waals surface area contributed by atoms with E-state index in [0.29, 0.717) is 12.2 Å². The Hall–Kier alpha value is -0.120. The molecule has 0 aromatic rings. The van der Waals surface area contributed by atoms with Gasteiger partial charge < -0.3 is 14.2 Å². The molecule has 2 heterocycles. The van der Waals surface area contributed by atoms with Crippen LogP contribution in [0.5, 0.6) is 0 Å². The summed E-state index contributed by atoms with van der Waals surface area (Å²) in [5.41, 5.74) is 0.428. The van der Waals surface area contributed by atoms with E-state index in [0.717, 1.165) is 18.9 Å². The molecule has 3 nitrogen and oxygen atoms in total. The zero-order chi connectivity index (χ0) is 12.4. The van der Waals surface area contributed by atoms with Crippen LogP contribution in [0.1, 0.15) is 52.4 Å². The van der Waals surface area contributed by atoms with Crippen molar-refractivity contribution in [3.05, 3.63) is 0 Å². The quantitative estimate of drug-likeness (QED) is 0.708. The first kappa shape index (κ1) is 11.7. The third-order valence-corrected chi connectivity index (χ3v) is 6.18. The topological polar surface area (TPSA) is 31.0 Å². The van der Waals surface area contributed by atoms with E-state index in [9.17, 15) is 0 Å². The van der Waals surface area contributed by atoms with Crippen LogP contribution in [-0.4, -0.2) is 30.7 Å². The fourth-order valence-corrected chi connectivity index (χ4v) is 5.19. The third kappa shape index (κ3) is 1.26. The van der Waals surface area contributed by atoms with Crippen LogP contribution in [0.2, 0.25) is 0 Å². The van der Waals surface area contributed by atoms with Crippen molar-refractivity contribution in [3.8, 4) is 0 Å². The Morgan fingerprint density at radius 2 is 2.11 bits per heavy atom. The Bertz CT molecular complexity index is 348. The first-order valence-corrected chi connectivity index (χ1v) is 7.65. The van der Waals surface area contributed by atoms with Gasteiger partial charge in [-0.3, -0.25) is 0 Å². The maximum Gasteiger partial charge on any atom is 0.158 e. The summed E-state index contributed by atoms with van der Waals surface area (Å²) < 4.78 is 18.2. The highest BCUT2D eigenvalue weighted by Crippen LogP contribution is 2.69. The van der Waals surface area contributed by atoms with Gasteiger partial charge in [0.15, 0.2) is 6.29 Å². The van der Waals surface area contributed by atoms with Crippen LogP contribution in [0, 0.1) is 11.3 Å². The molecule has 2 aliphatic carbocycles. The Morgan fingerprint density at radius 1 is 1.22 bits per heavy atom. The minimum atomic E-state index is 0.0310. The smallest absolute Gasteiger partial charge is 0.158 e. The van der Waals surface area contributed by atoms with Crippen molar-refractivity contribution in [1.29, 1.82) is 0 Å². The van der Waals surface area contributed by atoms with Gasteiger partial charge in [-0.2, -0.15) is 0 Å². The van der Waals surface area contributed by atoms with Crippen molar-refractivity contribution in [3.63, 3.8) is 0 Å². The number of hydrogen-bond acceptors (Lipinski definition) is 3. The van der Waals surface area contributed by atoms with Crippen LogP contribution in [0.25, 0.3) is 0 Å². The maximum absolute atomic E-state index is 6.26. The third-order valence-electron chi connectivity index (χ3n) is 6.18. The summed E-state index contributed by atoms with van der Waals surface area (Å²) >= 11 is 0. The molecule has 0 bridgehead atoms. The van der Waals surface area contributed by atoms with Gasteiger partial charge in [-0.15, -0.1) is 0 Å². The zero-order valence-electron chi connectivity index (χ0n) is 11.5. The monoisotopic (exact) mass is 252 g/mol. The van der Waals surface area contributed by atoms with Crippen molar-refractivity contribution in [2.45, 2.75) is 76.5 Å². The summed E-state index contributed by atoms with van der Waals surface area (Å²) in [5.74, 6) is 0.729. The SMILES string of the molecule is CCO[C@H]1C[C@@H]2CC[C@@H]3O[C@@]34CCC[C@H](O1)[C@]24C. The lowest BCUT2D eigenvalue weighted by molar-refractivity contribution is -0.273. The second-order valence-electron chi connectivity index (χ2n) is 6.69. The molecule has 0 unspecified atom stereocenters. The van der Waals surface area contributed by atoms with E-state index in [1.807, 2.05) is 0 Å². The Morgan fingerprint density at radius 3 is 2.94 bits per heavy atom. The molecule has 4 rings (SSSR count). The van der Waals surface area contributed by atoms with E-state index in [1.165, 1.54) is 32.1 Å². The Kier molecular flexibility index (Phi) is 2.41. The molecule has 3 heteroatoms. The molecule has 2 aliphatic heterocycles. The van der Waals surface area contributed by atoms with Crippen molar-refractivity contribution in [2.24, 2.45) is 11.3 Å². The molecule has 2 saturated heterocycles. The van der Waals surface area contributed by atoms with Crippen LogP contribution >= 0.6 is 0 Å². The lowest BCUT2D eigenvalue weighted by Gasteiger charge is -2.57. The number of ether oxygens (including phenoxy) is 3. The fourth-order valence-electron chi connectivity index (χ4n) is 5.19. The normalized spacial score (nSPS) is 57.7. The molecule has 0 amide bonds. The molecule has 2 saturated carbocycles. The molecule has 0 aromatic heterocycles. The molecule has 4 fully saturated rings. The van der Waals surface area contributed by atoms with Gasteiger partial charge in [0.05, 0.1) is 12.2 Å². The minimum absolute atomic E-state index is 0.0310.